The van der Waals surface area contributed by atoms with E-state index in [1.165, 1.54) is 5.56 Å². The van der Waals surface area contributed by atoms with Gasteiger partial charge in [0.2, 0.25) is 5.91 Å². The van der Waals surface area contributed by atoms with Crippen molar-refractivity contribution >= 4 is 34.8 Å². The lowest BCUT2D eigenvalue weighted by atomic mass is 10.1. The Bertz CT molecular complexity index is 1100. The molecular formula is C26H27N3O3S. The minimum absolute atomic E-state index is 0.0307. The van der Waals surface area contributed by atoms with Crippen LogP contribution in [0.5, 0.6) is 5.75 Å². The summed E-state index contributed by atoms with van der Waals surface area (Å²) in [7, 11) is 3.46. The van der Waals surface area contributed by atoms with E-state index in [0.717, 1.165) is 12.0 Å². The molecule has 0 spiro atoms. The topological polar surface area (TPSA) is 70.7 Å². The zero-order valence-corrected chi connectivity index (χ0v) is 19.5. The summed E-state index contributed by atoms with van der Waals surface area (Å²) in [5.41, 5.74) is 3.19. The van der Waals surface area contributed by atoms with Gasteiger partial charge in [-0.05, 0) is 47.6 Å². The number of hydrogen-bond donors (Lipinski definition) is 2. The molecule has 2 N–H and O–H groups in total. The lowest BCUT2D eigenvalue weighted by molar-refractivity contribution is -0.127. The van der Waals surface area contributed by atoms with Crippen LogP contribution in [0.25, 0.3) is 0 Å². The van der Waals surface area contributed by atoms with Crippen molar-refractivity contribution in [1.29, 1.82) is 0 Å². The normalized spacial score (nSPS) is 10.2. The van der Waals surface area contributed by atoms with E-state index in [0.29, 0.717) is 30.0 Å². The van der Waals surface area contributed by atoms with Crippen LogP contribution >= 0.6 is 12.2 Å². The third-order valence-electron chi connectivity index (χ3n) is 4.92. The average Bonchev–Trinajstić information content (AvgIpc) is 2.81. The van der Waals surface area contributed by atoms with Crippen LogP contribution < -0.4 is 15.4 Å². The molecule has 0 unspecified atom stereocenters. The number of hydrogen-bond acceptors (Lipinski definition) is 4. The predicted octanol–water partition coefficient (Wildman–Crippen LogP) is 4.07. The number of amides is 2. The van der Waals surface area contributed by atoms with E-state index >= 15 is 0 Å². The van der Waals surface area contributed by atoms with Gasteiger partial charge in [0.25, 0.3) is 5.91 Å². The summed E-state index contributed by atoms with van der Waals surface area (Å²) in [5.74, 6) is 0.183. The summed E-state index contributed by atoms with van der Waals surface area (Å²) in [6.45, 7) is 0.458. The Balaban J connectivity index is 1.54. The molecule has 3 rings (SSSR count). The Morgan fingerprint density at radius 2 is 1.55 bits per heavy atom. The van der Waals surface area contributed by atoms with Crippen LogP contribution in [0.15, 0.2) is 78.9 Å². The van der Waals surface area contributed by atoms with Crippen LogP contribution in [0, 0.1) is 0 Å². The third-order valence-corrected chi connectivity index (χ3v) is 5.12. The molecule has 33 heavy (non-hydrogen) atoms. The van der Waals surface area contributed by atoms with E-state index in [1.54, 1.807) is 37.2 Å². The average molecular weight is 462 g/mol. The minimum Gasteiger partial charge on any atom is -0.492 e. The van der Waals surface area contributed by atoms with Crippen LogP contribution in [-0.2, 0) is 17.6 Å². The second kappa shape index (κ2) is 11.8. The van der Waals surface area contributed by atoms with Gasteiger partial charge in [-0.1, -0.05) is 54.6 Å². The number of carbonyl (C=O) groups is 2. The smallest absolute Gasteiger partial charge is 0.261 e. The maximum Gasteiger partial charge on any atom is 0.261 e. The number of para-hydroxylation sites is 1. The van der Waals surface area contributed by atoms with Gasteiger partial charge in [-0.2, -0.15) is 0 Å². The molecule has 6 nitrogen and oxygen atoms in total. The molecule has 3 aromatic carbocycles. The van der Waals surface area contributed by atoms with Crippen LogP contribution in [0.2, 0.25) is 0 Å². The van der Waals surface area contributed by atoms with E-state index in [9.17, 15) is 9.59 Å². The Morgan fingerprint density at radius 1 is 0.879 bits per heavy atom. The summed E-state index contributed by atoms with van der Waals surface area (Å²) >= 11 is 5.30. The fourth-order valence-electron chi connectivity index (χ4n) is 3.08. The fourth-order valence-corrected chi connectivity index (χ4v) is 3.29. The lowest BCUT2D eigenvalue weighted by Crippen LogP contribution is -2.34. The molecular weight excluding hydrogens is 434 g/mol. The van der Waals surface area contributed by atoms with Crippen molar-refractivity contribution < 1.29 is 14.3 Å². The standard InChI is InChI=1S/C26H27N3O3S/c1-29(2)24(30)18-20-12-14-21(15-13-20)27-26(33)28-25(31)22-10-6-7-11-23(22)32-17-16-19-8-4-3-5-9-19/h3-15H,16-18H2,1-2H3,(H2,27,28,31,33). The van der Waals surface area contributed by atoms with Crippen molar-refractivity contribution in [3.05, 3.63) is 95.6 Å². The van der Waals surface area contributed by atoms with Crippen molar-refractivity contribution in [3.8, 4) is 5.75 Å². The number of nitrogens with one attached hydrogen (secondary N) is 2. The lowest BCUT2D eigenvalue weighted by Gasteiger charge is -2.14. The number of nitrogens with zero attached hydrogens (tertiary/aromatic N) is 1. The number of anilines is 1. The van der Waals surface area contributed by atoms with Crippen LogP contribution in [0.4, 0.5) is 5.69 Å². The van der Waals surface area contributed by atoms with Gasteiger partial charge in [0.15, 0.2) is 5.11 Å². The number of likely N-dealkylation sites (N-methyl/N-ethyl adjacent to an activating group) is 1. The van der Waals surface area contributed by atoms with Gasteiger partial charge in [-0.25, -0.2) is 0 Å². The molecule has 0 heterocycles. The van der Waals surface area contributed by atoms with E-state index < -0.39 is 0 Å². The monoisotopic (exact) mass is 461 g/mol. The summed E-state index contributed by atoms with van der Waals surface area (Å²) in [6.07, 6.45) is 1.07. The molecule has 7 heteroatoms. The van der Waals surface area contributed by atoms with Gasteiger partial charge in [0.05, 0.1) is 18.6 Å². The van der Waals surface area contributed by atoms with Crippen LogP contribution in [0.1, 0.15) is 21.5 Å². The number of benzene rings is 3. The maximum atomic E-state index is 12.8. The molecule has 0 aromatic heterocycles. The highest BCUT2D eigenvalue weighted by Crippen LogP contribution is 2.18. The molecule has 2 amide bonds. The first-order valence-electron chi connectivity index (χ1n) is 10.6. The number of rotatable bonds is 8. The molecule has 0 aliphatic rings. The molecule has 0 atom stereocenters. The second-order valence-electron chi connectivity index (χ2n) is 7.65. The van der Waals surface area contributed by atoms with Gasteiger partial charge in [0, 0.05) is 26.2 Å². The molecule has 0 aliphatic heterocycles. The zero-order chi connectivity index (χ0) is 23.6. The van der Waals surface area contributed by atoms with Gasteiger partial charge >= 0.3 is 0 Å². The number of thiocarbonyl (C=S) groups is 1. The summed E-state index contributed by atoms with van der Waals surface area (Å²) < 4.78 is 5.87. The van der Waals surface area contributed by atoms with E-state index in [4.69, 9.17) is 17.0 Å². The fraction of sp³-hybridized carbons (Fsp3) is 0.192. The zero-order valence-electron chi connectivity index (χ0n) is 18.7. The van der Waals surface area contributed by atoms with Crippen molar-refractivity contribution in [2.24, 2.45) is 0 Å². The van der Waals surface area contributed by atoms with Crippen molar-refractivity contribution in [2.75, 3.05) is 26.0 Å². The van der Waals surface area contributed by atoms with Crippen LogP contribution in [0.3, 0.4) is 0 Å². The number of ether oxygens (including phenoxy) is 1. The first-order chi connectivity index (χ1) is 15.9. The molecule has 0 bridgehead atoms. The Labute approximate surface area is 199 Å². The van der Waals surface area contributed by atoms with Gasteiger partial charge in [0.1, 0.15) is 5.75 Å². The Kier molecular flexibility index (Phi) is 8.55. The summed E-state index contributed by atoms with van der Waals surface area (Å²) in [6, 6.07) is 24.4. The van der Waals surface area contributed by atoms with E-state index in [-0.39, 0.29) is 16.9 Å². The quantitative estimate of drug-likeness (QED) is 0.495. The summed E-state index contributed by atoms with van der Waals surface area (Å²) in [5, 5.41) is 5.87. The Hall–Kier alpha value is -3.71. The molecule has 0 saturated carbocycles. The van der Waals surface area contributed by atoms with Crippen molar-refractivity contribution in [1.82, 2.24) is 10.2 Å². The van der Waals surface area contributed by atoms with E-state index in [1.807, 2.05) is 60.7 Å². The predicted molar refractivity (Wildman–Crippen MR) is 135 cm³/mol. The Morgan fingerprint density at radius 3 is 2.24 bits per heavy atom. The van der Waals surface area contributed by atoms with Gasteiger partial charge in [-0.15, -0.1) is 0 Å². The SMILES string of the molecule is CN(C)C(=O)Cc1ccc(NC(=S)NC(=O)c2ccccc2OCCc2ccccc2)cc1. The number of carbonyl (C=O) groups excluding carboxylic acids is 2. The highest BCUT2D eigenvalue weighted by molar-refractivity contribution is 7.80. The largest absolute Gasteiger partial charge is 0.492 e. The molecule has 0 saturated heterocycles. The molecule has 0 aliphatic carbocycles. The highest BCUT2D eigenvalue weighted by Gasteiger charge is 2.14. The first kappa shape index (κ1) is 23.9. The first-order valence-corrected chi connectivity index (χ1v) is 11.0. The van der Waals surface area contributed by atoms with E-state index in [2.05, 4.69) is 10.6 Å². The maximum absolute atomic E-state index is 12.8. The minimum atomic E-state index is -0.351. The van der Waals surface area contributed by atoms with Crippen molar-refractivity contribution in [3.63, 3.8) is 0 Å². The molecule has 3 aromatic rings. The van der Waals surface area contributed by atoms with Crippen LogP contribution in [-0.4, -0.2) is 42.5 Å². The molecule has 0 fully saturated rings. The third kappa shape index (κ3) is 7.43. The highest BCUT2D eigenvalue weighted by atomic mass is 32.1. The van der Waals surface area contributed by atoms with Gasteiger partial charge in [-0.3, -0.25) is 14.9 Å². The van der Waals surface area contributed by atoms with Crippen molar-refractivity contribution in [2.45, 2.75) is 12.8 Å². The van der Waals surface area contributed by atoms with Gasteiger partial charge < -0.3 is 15.0 Å². The molecule has 170 valence electrons. The summed E-state index contributed by atoms with van der Waals surface area (Å²) in [4.78, 5) is 26.2. The molecule has 0 radical (unpaired) electrons. The second-order valence-corrected chi connectivity index (χ2v) is 8.06.